The van der Waals surface area contributed by atoms with Gasteiger partial charge in [-0.05, 0) is 99.1 Å². The maximum absolute atomic E-state index is 2.76. The molecule has 1 aliphatic rings. The van der Waals surface area contributed by atoms with Gasteiger partial charge in [0.2, 0.25) is 0 Å². The number of rotatable bonds is 21. The van der Waals surface area contributed by atoms with Crippen LogP contribution in [0.4, 0.5) is 17.1 Å². The molecule has 9 rings (SSSR count). The van der Waals surface area contributed by atoms with Crippen LogP contribution in [0.2, 0.25) is 18.1 Å². The molecule has 1 nitrogen and oxygen atoms in total. The van der Waals surface area contributed by atoms with E-state index in [1.54, 1.807) is 5.19 Å². The fourth-order valence-electron chi connectivity index (χ4n) is 11.3. The van der Waals surface area contributed by atoms with Gasteiger partial charge in [-0.3, -0.25) is 0 Å². The van der Waals surface area contributed by atoms with Gasteiger partial charge in [0.1, 0.15) is 0 Å². The van der Waals surface area contributed by atoms with Crippen molar-refractivity contribution in [3.8, 4) is 33.4 Å². The highest BCUT2D eigenvalue weighted by molar-refractivity contribution is 7.25. The summed E-state index contributed by atoms with van der Waals surface area (Å²) in [5, 5.41) is 4.43. The Hall–Kier alpha value is -5.22. The van der Waals surface area contributed by atoms with Crippen LogP contribution in [-0.4, -0.2) is 8.07 Å². The summed E-state index contributed by atoms with van der Waals surface area (Å²) in [5.74, 6) is 0. The summed E-state index contributed by atoms with van der Waals surface area (Å²) in [4.78, 5) is 2.47. The second-order valence-corrected chi connectivity index (χ2v) is 25.7. The third-order valence-corrected chi connectivity index (χ3v) is 21.7. The number of benzene rings is 7. The van der Waals surface area contributed by atoms with Crippen molar-refractivity contribution in [2.75, 3.05) is 4.90 Å². The first-order chi connectivity index (χ1) is 32.3. The van der Waals surface area contributed by atoms with E-state index in [9.17, 15) is 0 Å². The molecule has 0 radical (unpaired) electrons. The van der Waals surface area contributed by atoms with Crippen molar-refractivity contribution in [3.63, 3.8) is 0 Å². The largest absolute Gasteiger partial charge is 0.310 e. The van der Waals surface area contributed by atoms with E-state index in [0.29, 0.717) is 0 Å². The molecule has 0 spiro atoms. The van der Waals surface area contributed by atoms with E-state index in [-0.39, 0.29) is 5.41 Å². The highest BCUT2D eigenvalue weighted by Crippen LogP contribution is 2.51. The van der Waals surface area contributed by atoms with E-state index in [2.05, 4.69) is 197 Å². The smallest absolute Gasteiger partial charge is 0.0867 e. The summed E-state index contributed by atoms with van der Waals surface area (Å²) >= 11 is 1.88. The van der Waals surface area contributed by atoms with Crippen molar-refractivity contribution < 1.29 is 0 Å². The minimum absolute atomic E-state index is 0.110. The maximum atomic E-state index is 2.76. The molecule has 1 aliphatic carbocycles. The predicted octanol–water partition coefficient (Wildman–Crippen LogP) is 19.6. The molecular formula is C63H71NSSi. The van der Waals surface area contributed by atoms with Crippen LogP contribution < -0.4 is 10.1 Å². The summed E-state index contributed by atoms with van der Waals surface area (Å²) in [6, 6.07) is 64.6. The zero-order valence-electron chi connectivity index (χ0n) is 40.5. The van der Waals surface area contributed by atoms with Crippen LogP contribution >= 0.6 is 11.3 Å². The number of fused-ring (bicyclic) bond motifs is 6. The zero-order valence-corrected chi connectivity index (χ0v) is 42.3. The van der Waals surface area contributed by atoms with E-state index in [4.69, 9.17) is 0 Å². The fraction of sp³-hybridized carbons (Fsp3) is 0.333. The molecular weight excluding hydrogens is 831 g/mol. The van der Waals surface area contributed by atoms with Crippen LogP contribution in [-0.2, 0) is 5.41 Å². The summed E-state index contributed by atoms with van der Waals surface area (Å²) in [6.45, 7) is 12.1. The van der Waals surface area contributed by atoms with Crippen molar-refractivity contribution in [1.29, 1.82) is 0 Å². The average Bonchev–Trinajstić information content (AvgIpc) is 3.84. The average molecular weight is 902 g/mol. The van der Waals surface area contributed by atoms with Crippen LogP contribution in [0.5, 0.6) is 0 Å². The van der Waals surface area contributed by atoms with Gasteiger partial charge in [-0.2, -0.15) is 0 Å². The lowest BCUT2D eigenvalue weighted by molar-refractivity contribution is 0.659. The number of nitrogens with zero attached hydrogens (tertiary/aromatic N) is 1. The minimum Gasteiger partial charge on any atom is -0.310 e. The Kier molecular flexibility index (Phi) is 14.4. The van der Waals surface area contributed by atoms with Gasteiger partial charge in [-0.1, -0.05) is 238 Å². The Labute approximate surface area is 402 Å². The lowest BCUT2D eigenvalue weighted by Crippen LogP contribution is -2.48. The molecule has 0 unspecified atom stereocenters. The molecule has 338 valence electrons. The molecule has 8 aromatic rings. The summed E-state index contributed by atoms with van der Waals surface area (Å²) in [6.07, 6.45) is 16.4. The normalized spacial score (nSPS) is 13.0. The van der Waals surface area contributed by atoms with Crippen molar-refractivity contribution in [1.82, 2.24) is 0 Å². The molecule has 66 heavy (non-hydrogen) atoms. The Morgan fingerprint density at radius 1 is 0.409 bits per heavy atom. The van der Waals surface area contributed by atoms with Gasteiger partial charge in [0.25, 0.3) is 0 Å². The van der Waals surface area contributed by atoms with Crippen LogP contribution in [0.1, 0.15) is 123 Å². The van der Waals surface area contributed by atoms with Crippen LogP contribution in [0.25, 0.3) is 53.6 Å². The molecule has 0 amide bonds. The molecule has 0 fully saturated rings. The van der Waals surface area contributed by atoms with E-state index in [1.165, 1.54) is 166 Å². The van der Waals surface area contributed by atoms with Crippen LogP contribution in [0, 0.1) is 0 Å². The molecule has 0 saturated carbocycles. The first-order valence-electron chi connectivity index (χ1n) is 25.6. The summed E-state index contributed by atoms with van der Waals surface area (Å²) < 4.78 is 2.69. The van der Waals surface area contributed by atoms with Crippen LogP contribution in [0.15, 0.2) is 158 Å². The van der Waals surface area contributed by atoms with Gasteiger partial charge >= 0.3 is 0 Å². The number of hydrogen-bond donors (Lipinski definition) is 0. The molecule has 0 saturated heterocycles. The Bertz CT molecular complexity index is 2820. The highest BCUT2D eigenvalue weighted by atomic mass is 32.1. The summed E-state index contributed by atoms with van der Waals surface area (Å²) in [5.41, 5.74) is 14.2. The van der Waals surface area contributed by atoms with Crippen molar-refractivity contribution >= 4 is 61.8 Å². The van der Waals surface area contributed by atoms with Crippen molar-refractivity contribution in [3.05, 3.63) is 169 Å². The third kappa shape index (κ3) is 9.49. The topological polar surface area (TPSA) is 3.24 Å². The van der Waals surface area contributed by atoms with Gasteiger partial charge in [0, 0.05) is 42.6 Å². The third-order valence-electron chi connectivity index (χ3n) is 15.1. The van der Waals surface area contributed by atoms with Gasteiger partial charge in [0.15, 0.2) is 0 Å². The van der Waals surface area contributed by atoms with Gasteiger partial charge in [-0.15, -0.1) is 11.3 Å². The maximum Gasteiger partial charge on any atom is 0.0867 e. The number of anilines is 3. The summed E-state index contributed by atoms with van der Waals surface area (Å²) in [7, 11) is -1.74. The fourth-order valence-corrected chi connectivity index (χ4v) is 17.6. The predicted molar refractivity (Wildman–Crippen MR) is 295 cm³/mol. The molecule has 0 aliphatic heterocycles. The second-order valence-electron chi connectivity index (χ2n) is 19.9. The lowest BCUT2D eigenvalue weighted by atomic mass is 9.82. The molecule has 0 N–H and O–H groups in total. The Morgan fingerprint density at radius 3 is 1.50 bits per heavy atom. The number of unbranched alkanes of at least 4 members (excludes halogenated alkanes) is 9. The van der Waals surface area contributed by atoms with E-state index < -0.39 is 8.07 Å². The van der Waals surface area contributed by atoms with Gasteiger partial charge in [-0.25, -0.2) is 0 Å². The van der Waals surface area contributed by atoms with Crippen LogP contribution in [0.3, 0.4) is 0 Å². The quantitative estimate of drug-likeness (QED) is 0.0513. The highest BCUT2D eigenvalue weighted by Gasteiger charge is 2.40. The SMILES string of the molecule is CCCCCC[Si](CCCCCC)(CCCCCC)c1ccc2c(c1)C(C)(C)c1cc(N(c3ccc(-c4ccccc4)cc3)c3ccc(-c4ccc5sc6ccccc6c5c4)cc3)ccc1-2. The molecule has 1 aromatic heterocycles. The first-order valence-corrected chi connectivity index (χ1v) is 29.0. The molecule has 3 heteroatoms. The molecule has 7 aromatic carbocycles. The van der Waals surface area contributed by atoms with E-state index in [0.717, 1.165) is 11.4 Å². The second kappa shape index (κ2) is 20.7. The van der Waals surface area contributed by atoms with Gasteiger partial charge in [0.05, 0.1) is 8.07 Å². The Balaban J connectivity index is 1.08. The molecule has 1 heterocycles. The van der Waals surface area contributed by atoms with E-state index in [1.807, 2.05) is 11.3 Å². The first kappa shape index (κ1) is 45.9. The molecule has 0 atom stereocenters. The number of hydrogen-bond acceptors (Lipinski definition) is 2. The zero-order chi connectivity index (χ0) is 45.5. The van der Waals surface area contributed by atoms with Crippen molar-refractivity contribution in [2.24, 2.45) is 0 Å². The van der Waals surface area contributed by atoms with Crippen molar-refractivity contribution in [2.45, 2.75) is 135 Å². The van der Waals surface area contributed by atoms with Gasteiger partial charge < -0.3 is 4.90 Å². The van der Waals surface area contributed by atoms with E-state index >= 15 is 0 Å². The monoisotopic (exact) mass is 902 g/mol. The standard InChI is InChI=1S/C63H71NSSi/c1-6-9-12-20-41-66(42-21-13-10-7-2,43-22-14-11-8-3)54-37-39-56-55-38-36-53(45-59(55)63(4,5)60(56)46-54)64(51-32-27-48(28-33-51)47-23-16-15-17-24-47)52-34-29-49(30-35-52)50-31-40-62-58(44-50)57-25-18-19-26-61(57)65-62/h15-19,23-40,44-46H,6-14,20-22,41-43H2,1-5H3. The minimum atomic E-state index is -1.74. The lowest BCUT2D eigenvalue weighted by Gasteiger charge is -2.34. The molecule has 0 bridgehead atoms. The number of thiophene rings is 1. The Morgan fingerprint density at radius 2 is 0.894 bits per heavy atom.